The Morgan fingerprint density at radius 1 is 1.12 bits per heavy atom. The van der Waals surface area contributed by atoms with E-state index in [0.717, 1.165) is 17.7 Å². The summed E-state index contributed by atoms with van der Waals surface area (Å²) in [5.74, 6) is -2.02. The second-order valence-electron chi connectivity index (χ2n) is 5.78. The molecule has 6 heteroatoms. The van der Waals surface area contributed by atoms with Crippen molar-refractivity contribution < 1.29 is 18.7 Å². The highest BCUT2D eigenvalue weighted by Crippen LogP contribution is 2.22. The van der Waals surface area contributed by atoms with Crippen LogP contribution in [0.15, 0.2) is 48.5 Å². The van der Waals surface area contributed by atoms with Crippen LogP contribution < -0.4 is 5.32 Å². The molecule has 0 radical (unpaired) electrons. The van der Waals surface area contributed by atoms with Gasteiger partial charge in [-0.1, -0.05) is 43.3 Å². The van der Waals surface area contributed by atoms with Crippen molar-refractivity contribution >= 4 is 5.91 Å². The van der Waals surface area contributed by atoms with Crippen LogP contribution in [0.5, 0.6) is 0 Å². The third-order valence-electron chi connectivity index (χ3n) is 4.11. The SMILES string of the molecule is CCN(C)C(C(=O)NCC(O)c1c(F)cccc1F)c1ccccc1. The summed E-state index contributed by atoms with van der Waals surface area (Å²) >= 11 is 0. The van der Waals surface area contributed by atoms with E-state index in [1.54, 1.807) is 0 Å². The van der Waals surface area contributed by atoms with Crippen LogP contribution in [0, 0.1) is 11.6 Å². The standard InChI is InChI=1S/C19H22F2N2O2/c1-3-23(2)18(13-8-5-4-6-9-13)19(25)22-12-16(24)17-14(20)10-7-11-15(17)21/h4-11,16,18,24H,3,12H2,1-2H3,(H,22,25). The molecule has 2 aromatic carbocycles. The minimum absolute atomic E-state index is 0.280. The Morgan fingerprint density at radius 3 is 2.28 bits per heavy atom. The van der Waals surface area contributed by atoms with E-state index in [1.807, 2.05) is 49.2 Å². The van der Waals surface area contributed by atoms with Gasteiger partial charge < -0.3 is 10.4 Å². The molecule has 0 aliphatic carbocycles. The largest absolute Gasteiger partial charge is 0.386 e. The molecule has 25 heavy (non-hydrogen) atoms. The molecule has 0 aliphatic heterocycles. The third kappa shape index (κ3) is 4.61. The first-order chi connectivity index (χ1) is 12.0. The molecule has 0 saturated heterocycles. The maximum Gasteiger partial charge on any atom is 0.242 e. The van der Waals surface area contributed by atoms with E-state index in [-0.39, 0.29) is 12.5 Å². The van der Waals surface area contributed by atoms with E-state index < -0.39 is 29.3 Å². The smallest absolute Gasteiger partial charge is 0.242 e. The van der Waals surface area contributed by atoms with Gasteiger partial charge in [-0.2, -0.15) is 0 Å². The number of likely N-dealkylation sites (N-methyl/N-ethyl adjacent to an activating group) is 1. The van der Waals surface area contributed by atoms with Gasteiger partial charge in [-0.05, 0) is 31.3 Å². The van der Waals surface area contributed by atoms with Crippen LogP contribution in [0.3, 0.4) is 0 Å². The molecule has 4 nitrogen and oxygen atoms in total. The summed E-state index contributed by atoms with van der Waals surface area (Å²) in [6.07, 6.45) is -1.46. The van der Waals surface area contributed by atoms with E-state index in [0.29, 0.717) is 6.54 Å². The zero-order valence-corrected chi connectivity index (χ0v) is 14.2. The van der Waals surface area contributed by atoms with Crippen molar-refractivity contribution in [1.29, 1.82) is 0 Å². The number of nitrogens with zero attached hydrogens (tertiary/aromatic N) is 1. The van der Waals surface area contributed by atoms with E-state index >= 15 is 0 Å². The van der Waals surface area contributed by atoms with Crippen molar-refractivity contribution in [2.24, 2.45) is 0 Å². The lowest BCUT2D eigenvalue weighted by atomic mass is 10.0. The lowest BCUT2D eigenvalue weighted by Gasteiger charge is -2.27. The summed E-state index contributed by atoms with van der Waals surface area (Å²) in [6.45, 7) is 2.28. The topological polar surface area (TPSA) is 52.6 Å². The molecule has 0 aliphatic rings. The van der Waals surface area contributed by atoms with Crippen molar-refractivity contribution in [3.05, 3.63) is 71.3 Å². The molecular formula is C19H22F2N2O2. The lowest BCUT2D eigenvalue weighted by molar-refractivity contribution is -0.126. The zero-order chi connectivity index (χ0) is 18.4. The maximum absolute atomic E-state index is 13.7. The first kappa shape index (κ1) is 19.0. The first-order valence-corrected chi connectivity index (χ1v) is 8.10. The Hall–Kier alpha value is -2.31. The van der Waals surface area contributed by atoms with E-state index in [2.05, 4.69) is 5.32 Å². The van der Waals surface area contributed by atoms with Crippen LogP contribution >= 0.6 is 0 Å². The Morgan fingerprint density at radius 2 is 1.72 bits per heavy atom. The molecule has 0 spiro atoms. The number of hydrogen-bond donors (Lipinski definition) is 2. The van der Waals surface area contributed by atoms with Crippen molar-refractivity contribution in [1.82, 2.24) is 10.2 Å². The van der Waals surface area contributed by atoms with Crippen LogP contribution in [0.2, 0.25) is 0 Å². The van der Waals surface area contributed by atoms with Gasteiger partial charge in [-0.3, -0.25) is 9.69 Å². The van der Waals surface area contributed by atoms with Gasteiger partial charge in [0.05, 0.1) is 5.56 Å². The molecule has 0 bridgehead atoms. The average Bonchev–Trinajstić information content (AvgIpc) is 2.60. The second-order valence-corrected chi connectivity index (χ2v) is 5.78. The molecule has 0 aromatic heterocycles. The lowest BCUT2D eigenvalue weighted by Crippen LogP contribution is -2.40. The van der Waals surface area contributed by atoms with Gasteiger partial charge in [0, 0.05) is 6.54 Å². The third-order valence-corrected chi connectivity index (χ3v) is 4.11. The number of carbonyl (C=O) groups is 1. The number of amides is 1. The van der Waals surface area contributed by atoms with Gasteiger partial charge in [-0.15, -0.1) is 0 Å². The van der Waals surface area contributed by atoms with Crippen LogP contribution in [0.4, 0.5) is 8.78 Å². The highest BCUT2D eigenvalue weighted by Gasteiger charge is 2.25. The van der Waals surface area contributed by atoms with Gasteiger partial charge in [0.2, 0.25) is 5.91 Å². The Labute approximate surface area is 146 Å². The van der Waals surface area contributed by atoms with Gasteiger partial charge >= 0.3 is 0 Å². The predicted octanol–water partition coefficient (Wildman–Crippen LogP) is 2.81. The summed E-state index contributed by atoms with van der Waals surface area (Å²) < 4.78 is 27.4. The minimum Gasteiger partial charge on any atom is -0.386 e. The summed E-state index contributed by atoms with van der Waals surface area (Å²) in [4.78, 5) is 14.4. The highest BCUT2D eigenvalue weighted by atomic mass is 19.1. The molecule has 2 unspecified atom stereocenters. The zero-order valence-electron chi connectivity index (χ0n) is 14.2. The van der Waals surface area contributed by atoms with Crippen LogP contribution in [0.1, 0.15) is 30.2 Å². The maximum atomic E-state index is 13.7. The summed E-state index contributed by atoms with van der Waals surface area (Å²) in [6, 6.07) is 12.0. The Kier molecular flexibility index (Phi) is 6.61. The second kappa shape index (κ2) is 8.69. The van der Waals surface area contributed by atoms with Crippen LogP contribution in [-0.4, -0.2) is 36.1 Å². The monoisotopic (exact) mass is 348 g/mol. The van der Waals surface area contributed by atoms with Crippen molar-refractivity contribution in [3.63, 3.8) is 0 Å². The molecule has 0 fully saturated rings. The molecular weight excluding hydrogens is 326 g/mol. The molecule has 2 atom stereocenters. The fourth-order valence-electron chi connectivity index (χ4n) is 2.65. The van der Waals surface area contributed by atoms with Gasteiger partial charge in [0.25, 0.3) is 0 Å². The fraction of sp³-hybridized carbons (Fsp3) is 0.316. The number of halogens is 2. The van der Waals surface area contributed by atoms with E-state index in [9.17, 15) is 18.7 Å². The van der Waals surface area contributed by atoms with Crippen molar-refractivity contribution in [3.8, 4) is 0 Å². The summed E-state index contributed by atoms with van der Waals surface area (Å²) in [7, 11) is 1.81. The molecule has 134 valence electrons. The van der Waals surface area contributed by atoms with Crippen LogP contribution in [0.25, 0.3) is 0 Å². The molecule has 2 rings (SSSR count). The van der Waals surface area contributed by atoms with E-state index in [1.165, 1.54) is 6.07 Å². The normalized spacial score (nSPS) is 13.5. The minimum atomic E-state index is -1.46. The number of nitrogens with one attached hydrogen (secondary N) is 1. The molecule has 2 aromatic rings. The van der Waals surface area contributed by atoms with Crippen molar-refractivity contribution in [2.75, 3.05) is 20.1 Å². The van der Waals surface area contributed by atoms with Crippen molar-refractivity contribution in [2.45, 2.75) is 19.1 Å². The van der Waals surface area contributed by atoms with Gasteiger partial charge in [0.1, 0.15) is 23.8 Å². The predicted molar refractivity (Wildman–Crippen MR) is 91.8 cm³/mol. The number of carbonyl (C=O) groups excluding carboxylic acids is 1. The molecule has 2 N–H and O–H groups in total. The molecule has 0 saturated carbocycles. The van der Waals surface area contributed by atoms with Gasteiger partial charge in [0.15, 0.2) is 0 Å². The molecule has 1 amide bonds. The molecule has 0 heterocycles. The summed E-state index contributed by atoms with van der Waals surface area (Å²) in [5, 5.41) is 12.7. The highest BCUT2D eigenvalue weighted by molar-refractivity contribution is 5.83. The fourth-order valence-corrected chi connectivity index (χ4v) is 2.65. The average molecular weight is 348 g/mol. The number of hydrogen-bond acceptors (Lipinski definition) is 3. The number of aliphatic hydroxyl groups excluding tert-OH is 1. The Bertz CT molecular complexity index is 690. The summed E-state index contributed by atoms with van der Waals surface area (Å²) in [5.41, 5.74) is 0.360. The van der Waals surface area contributed by atoms with Gasteiger partial charge in [-0.25, -0.2) is 8.78 Å². The number of rotatable bonds is 7. The quantitative estimate of drug-likeness (QED) is 0.809. The number of benzene rings is 2. The van der Waals surface area contributed by atoms with Crippen LogP contribution in [-0.2, 0) is 4.79 Å². The van der Waals surface area contributed by atoms with E-state index in [4.69, 9.17) is 0 Å². The Balaban J connectivity index is 2.11. The number of aliphatic hydroxyl groups is 1. The first-order valence-electron chi connectivity index (χ1n) is 8.10.